The van der Waals surface area contributed by atoms with E-state index in [-0.39, 0.29) is 0 Å². The van der Waals surface area contributed by atoms with Crippen molar-refractivity contribution in [1.29, 1.82) is 0 Å². The Kier molecular flexibility index (Phi) is 3.50. The first-order chi connectivity index (χ1) is 7.09. The molecule has 0 radical (unpaired) electrons. The maximum absolute atomic E-state index is 3.62. The molecule has 0 fully saturated rings. The molecule has 0 N–H and O–H groups in total. The molecule has 1 heterocycles. The van der Waals surface area contributed by atoms with Gasteiger partial charge in [0.1, 0.15) is 0 Å². The fourth-order valence-electron chi connectivity index (χ4n) is 1.52. The molecule has 0 amide bonds. The van der Waals surface area contributed by atoms with Crippen molar-refractivity contribution in [2.24, 2.45) is 0 Å². The lowest BCUT2D eigenvalue weighted by atomic mass is 10.1. The van der Waals surface area contributed by atoms with E-state index in [9.17, 15) is 0 Å². The zero-order chi connectivity index (χ0) is 11.0. The van der Waals surface area contributed by atoms with Crippen molar-refractivity contribution >= 4 is 57.9 Å². The Balaban J connectivity index is 2.66. The van der Waals surface area contributed by atoms with Crippen molar-refractivity contribution in [1.82, 2.24) is 0 Å². The van der Waals surface area contributed by atoms with E-state index < -0.39 is 0 Å². The molecule has 0 spiro atoms. The van der Waals surface area contributed by atoms with E-state index in [1.165, 1.54) is 29.4 Å². The van der Waals surface area contributed by atoms with Gasteiger partial charge in [0, 0.05) is 19.4 Å². The van der Waals surface area contributed by atoms with Crippen molar-refractivity contribution in [3.05, 3.63) is 38.8 Å². The summed E-state index contributed by atoms with van der Waals surface area (Å²) in [5, 5.41) is 0. The average Bonchev–Trinajstić information content (AvgIpc) is 2.59. The Bertz CT molecular complexity index is 505. The van der Waals surface area contributed by atoms with E-state index in [1.807, 2.05) is 11.3 Å². The van der Waals surface area contributed by atoms with E-state index in [0.29, 0.717) is 0 Å². The maximum atomic E-state index is 3.62. The lowest BCUT2D eigenvalue weighted by Crippen LogP contribution is -1.89. The highest BCUT2D eigenvalue weighted by atomic mass is 79.9. The van der Waals surface area contributed by atoms with E-state index >= 15 is 0 Å². The van der Waals surface area contributed by atoms with Crippen LogP contribution in [0.1, 0.15) is 5.56 Å². The second-order valence-electron chi connectivity index (χ2n) is 3.44. The third-order valence-corrected chi connectivity index (χ3v) is 5.82. The number of benzene rings is 1. The van der Waals surface area contributed by atoms with Crippen molar-refractivity contribution < 1.29 is 0 Å². The van der Waals surface area contributed by atoms with Gasteiger partial charge < -0.3 is 0 Å². The minimum atomic E-state index is 1.13. The number of hydrogen-bond donors (Lipinski definition) is 0. The lowest BCUT2D eigenvalue weighted by molar-refractivity contribution is 1.42. The van der Waals surface area contributed by atoms with Crippen molar-refractivity contribution in [3.8, 4) is 10.4 Å². The predicted octanol–water partition coefficient (Wildman–Crippen LogP) is 3.24. The minimum absolute atomic E-state index is 1.13. The average molecular weight is 362 g/mol. The molecule has 0 atom stereocenters. The molecule has 4 heteroatoms. The van der Waals surface area contributed by atoms with Crippen LogP contribution in [0.15, 0.2) is 33.2 Å². The monoisotopic (exact) mass is 360 g/mol. The Morgan fingerprint density at radius 3 is 2.33 bits per heavy atom. The van der Waals surface area contributed by atoms with E-state index in [2.05, 4.69) is 63.0 Å². The topological polar surface area (TPSA) is 0 Å². The number of hydrogen-bond acceptors (Lipinski definition) is 1. The molecule has 0 saturated carbocycles. The molecular formula is C11H10Br2SSi. The number of halogens is 2. The van der Waals surface area contributed by atoms with Gasteiger partial charge in [-0.05, 0) is 35.2 Å². The zero-order valence-corrected chi connectivity index (χ0v) is 14.5. The van der Waals surface area contributed by atoms with Crippen LogP contribution in [-0.4, -0.2) is 10.2 Å². The molecule has 0 aliphatic rings. The van der Waals surface area contributed by atoms with Gasteiger partial charge in [0.25, 0.3) is 0 Å². The summed E-state index contributed by atoms with van der Waals surface area (Å²) in [6.45, 7) is 2.15. The van der Waals surface area contributed by atoms with Crippen LogP contribution in [0.4, 0.5) is 0 Å². The summed E-state index contributed by atoms with van der Waals surface area (Å²) in [4.78, 5) is 1.35. The minimum Gasteiger partial charge on any atom is -0.146 e. The Morgan fingerprint density at radius 2 is 1.73 bits per heavy atom. The highest BCUT2D eigenvalue weighted by Crippen LogP contribution is 2.36. The summed E-state index contributed by atoms with van der Waals surface area (Å²) >= 11 is 9.09. The molecule has 0 saturated heterocycles. The summed E-state index contributed by atoms with van der Waals surface area (Å²) in [6, 6.07) is 8.61. The zero-order valence-electron chi connectivity index (χ0n) is 8.47. The summed E-state index contributed by atoms with van der Waals surface area (Å²) in [5.41, 5.74) is 2.62. The molecule has 78 valence electrons. The van der Waals surface area contributed by atoms with E-state index in [1.54, 1.807) is 0 Å². The molecule has 0 nitrogen and oxygen atoms in total. The summed E-state index contributed by atoms with van der Waals surface area (Å²) in [7, 11) is 1.13. The Labute approximate surface area is 113 Å². The van der Waals surface area contributed by atoms with Crippen LogP contribution in [-0.2, 0) is 0 Å². The molecule has 15 heavy (non-hydrogen) atoms. The van der Waals surface area contributed by atoms with Gasteiger partial charge in [-0.1, -0.05) is 37.9 Å². The van der Waals surface area contributed by atoms with Crippen LogP contribution in [0.5, 0.6) is 0 Å². The maximum Gasteiger partial charge on any atom is 0.0514 e. The smallest absolute Gasteiger partial charge is 0.0514 e. The van der Waals surface area contributed by atoms with Crippen molar-refractivity contribution in [3.63, 3.8) is 0 Å². The molecule has 0 unspecified atom stereocenters. The normalized spacial score (nSPS) is 10.9. The van der Waals surface area contributed by atoms with Crippen LogP contribution in [0.3, 0.4) is 0 Å². The third kappa shape index (κ3) is 2.28. The lowest BCUT2D eigenvalue weighted by Gasteiger charge is -2.08. The van der Waals surface area contributed by atoms with Gasteiger partial charge in [-0.2, -0.15) is 0 Å². The van der Waals surface area contributed by atoms with Crippen LogP contribution >= 0.6 is 43.2 Å². The molecular weight excluding hydrogens is 352 g/mol. The fraction of sp³-hybridized carbons (Fsp3) is 0.0909. The fourth-order valence-corrected chi connectivity index (χ4v) is 4.44. The first-order valence-electron chi connectivity index (χ1n) is 4.61. The van der Waals surface area contributed by atoms with Gasteiger partial charge in [-0.25, -0.2) is 0 Å². The number of thiophene rings is 1. The summed E-state index contributed by atoms with van der Waals surface area (Å²) < 4.78 is 3.83. The molecule has 1 aromatic heterocycles. The molecule has 2 aromatic rings. The Morgan fingerprint density at radius 1 is 1.07 bits per heavy atom. The molecule has 2 rings (SSSR count). The van der Waals surface area contributed by atoms with Crippen molar-refractivity contribution in [2.45, 2.75) is 6.92 Å². The van der Waals surface area contributed by atoms with Crippen LogP contribution in [0.25, 0.3) is 10.4 Å². The molecule has 0 aliphatic heterocycles. The van der Waals surface area contributed by atoms with Crippen molar-refractivity contribution in [2.75, 3.05) is 0 Å². The molecule has 0 aliphatic carbocycles. The van der Waals surface area contributed by atoms with Crippen LogP contribution in [0.2, 0.25) is 0 Å². The van der Waals surface area contributed by atoms with E-state index in [0.717, 1.165) is 10.2 Å². The third-order valence-electron chi connectivity index (χ3n) is 2.33. The quantitative estimate of drug-likeness (QED) is 0.684. The van der Waals surface area contributed by atoms with Gasteiger partial charge in [-0.3, -0.25) is 0 Å². The van der Waals surface area contributed by atoms with Gasteiger partial charge in [0.2, 0.25) is 0 Å². The number of rotatable bonds is 1. The van der Waals surface area contributed by atoms with Crippen LogP contribution < -0.4 is 4.50 Å². The van der Waals surface area contributed by atoms with Gasteiger partial charge >= 0.3 is 0 Å². The second-order valence-corrected chi connectivity index (χ2v) is 8.24. The van der Waals surface area contributed by atoms with Gasteiger partial charge in [-0.15, -0.1) is 11.3 Å². The first kappa shape index (κ1) is 11.6. The van der Waals surface area contributed by atoms with Gasteiger partial charge in [0.15, 0.2) is 0 Å². The summed E-state index contributed by atoms with van der Waals surface area (Å²) in [5.74, 6) is 0. The summed E-state index contributed by atoms with van der Waals surface area (Å²) in [6.07, 6.45) is 0. The molecule has 1 aromatic carbocycles. The highest BCUT2D eigenvalue weighted by Gasteiger charge is 2.10. The Hall–Kier alpha value is 0.0969. The highest BCUT2D eigenvalue weighted by molar-refractivity contribution is 9.11. The van der Waals surface area contributed by atoms with E-state index in [4.69, 9.17) is 0 Å². The SMILES string of the molecule is Cc1c(Br)ccc(Br)c1-c1ccc([SiH3])s1. The predicted molar refractivity (Wildman–Crippen MR) is 79.5 cm³/mol. The standard InChI is InChI=1S/C11H10Br2SSi/c1-6-7(12)2-3-8(13)11(6)9-4-5-10(15)14-9/h2-5H,1,15H3. The van der Waals surface area contributed by atoms with Crippen LogP contribution in [0, 0.1) is 6.92 Å². The largest absolute Gasteiger partial charge is 0.146 e. The molecule has 0 bridgehead atoms. The second kappa shape index (κ2) is 4.53. The van der Waals surface area contributed by atoms with Gasteiger partial charge in [0.05, 0.1) is 10.2 Å². The first-order valence-corrected chi connectivity index (χ1v) is 8.01.